The first-order valence-corrected chi connectivity index (χ1v) is 6.87. The van der Waals surface area contributed by atoms with Gasteiger partial charge in [-0.25, -0.2) is 8.78 Å². The minimum Gasteiger partial charge on any atom is -0.314 e. The molecule has 1 N–H and O–H groups in total. The van der Waals surface area contributed by atoms with Gasteiger partial charge in [0.25, 0.3) is 0 Å². The first-order valence-electron chi connectivity index (χ1n) is 6.87. The fourth-order valence-corrected chi connectivity index (χ4v) is 2.03. The van der Waals surface area contributed by atoms with E-state index in [2.05, 4.69) is 39.9 Å². The molecule has 0 saturated carbocycles. The van der Waals surface area contributed by atoms with Crippen molar-refractivity contribution in [3.8, 4) is 0 Å². The van der Waals surface area contributed by atoms with E-state index >= 15 is 0 Å². The molecule has 0 bridgehead atoms. The molecule has 19 heavy (non-hydrogen) atoms. The van der Waals surface area contributed by atoms with Gasteiger partial charge >= 0.3 is 0 Å². The molecule has 0 saturated heterocycles. The van der Waals surface area contributed by atoms with Crippen LogP contribution in [0.4, 0.5) is 8.78 Å². The molecule has 3 heteroatoms. The van der Waals surface area contributed by atoms with E-state index in [0.29, 0.717) is 18.0 Å². The lowest BCUT2D eigenvalue weighted by Gasteiger charge is -2.32. The van der Waals surface area contributed by atoms with Gasteiger partial charge in [-0.1, -0.05) is 34.6 Å². The Morgan fingerprint density at radius 3 is 2.32 bits per heavy atom. The van der Waals surface area contributed by atoms with E-state index in [9.17, 15) is 8.78 Å². The molecular weight excluding hydrogens is 244 g/mol. The molecule has 0 fully saturated rings. The molecule has 1 atom stereocenters. The number of rotatable bonds is 5. The Balaban J connectivity index is 2.85. The van der Waals surface area contributed by atoms with Crippen LogP contribution in [0.15, 0.2) is 18.2 Å². The van der Waals surface area contributed by atoms with Gasteiger partial charge in [0.05, 0.1) is 0 Å². The van der Waals surface area contributed by atoms with E-state index < -0.39 is 0 Å². The first kappa shape index (κ1) is 16.1. The van der Waals surface area contributed by atoms with Crippen molar-refractivity contribution in [3.05, 3.63) is 35.4 Å². The number of nitrogens with one attached hydrogen (secondary N) is 1. The number of hydrogen-bond acceptors (Lipinski definition) is 1. The maximum atomic E-state index is 13.7. The summed E-state index contributed by atoms with van der Waals surface area (Å²) >= 11 is 0. The van der Waals surface area contributed by atoms with Gasteiger partial charge in [-0.2, -0.15) is 0 Å². The Hall–Kier alpha value is -0.960. The average molecular weight is 269 g/mol. The minimum atomic E-state index is -0.374. The largest absolute Gasteiger partial charge is 0.314 e. The van der Waals surface area contributed by atoms with Crippen LogP contribution < -0.4 is 5.32 Å². The molecule has 0 aliphatic carbocycles. The van der Waals surface area contributed by atoms with Crippen LogP contribution >= 0.6 is 0 Å². The van der Waals surface area contributed by atoms with Crippen LogP contribution in [0.5, 0.6) is 0 Å². The van der Waals surface area contributed by atoms with Gasteiger partial charge in [0, 0.05) is 6.04 Å². The van der Waals surface area contributed by atoms with Gasteiger partial charge in [0.2, 0.25) is 0 Å². The second-order valence-corrected chi connectivity index (χ2v) is 6.57. The zero-order chi connectivity index (χ0) is 14.6. The lowest BCUT2D eigenvalue weighted by Crippen LogP contribution is -2.36. The highest BCUT2D eigenvalue weighted by Gasteiger charge is 2.25. The van der Waals surface area contributed by atoms with Crippen LogP contribution in [0, 0.1) is 23.0 Å². The SMILES string of the molecule is CC(C)NCC(Cc1cc(F)ccc1F)C(C)(C)C. The lowest BCUT2D eigenvalue weighted by molar-refractivity contribution is 0.224. The highest BCUT2D eigenvalue weighted by atomic mass is 19.1. The summed E-state index contributed by atoms with van der Waals surface area (Å²) in [6.07, 6.45) is 0.548. The monoisotopic (exact) mass is 269 g/mol. The average Bonchev–Trinajstić information content (AvgIpc) is 2.26. The van der Waals surface area contributed by atoms with Gasteiger partial charge in [-0.3, -0.25) is 0 Å². The van der Waals surface area contributed by atoms with Crippen LogP contribution in [-0.4, -0.2) is 12.6 Å². The van der Waals surface area contributed by atoms with E-state index in [1.165, 1.54) is 12.1 Å². The molecule has 1 unspecified atom stereocenters. The van der Waals surface area contributed by atoms with Gasteiger partial charge in [0.15, 0.2) is 0 Å². The molecule has 1 aromatic carbocycles. The molecule has 0 radical (unpaired) electrons. The first-order chi connectivity index (χ1) is 8.70. The molecule has 0 amide bonds. The summed E-state index contributed by atoms with van der Waals surface area (Å²) in [5.74, 6) is -0.438. The summed E-state index contributed by atoms with van der Waals surface area (Å²) < 4.78 is 27.0. The zero-order valence-corrected chi connectivity index (χ0v) is 12.6. The molecule has 0 aliphatic rings. The molecule has 0 heterocycles. The van der Waals surface area contributed by atoms with Crippen LogP contribution in [0.25, 0.3) is 0 Å². The van der Waals surface area contributed by atoms with Crippen molar-refractivity contribution in [2.24, 2.45) is 11.3 Å². The fraction of sp³-hybridized carbons (Fsp3) is 0.625. The fourth-order valence-electron chi connectivity index (χ4n) is 2.03. The number of hydrogen-bond donors (Lipinski definition) is 1. The van der Waals surface area contributed by atoms with Crippen molar-refractivity contribution in [1.82, 2.24) is 5.32 Å². The van der Waals surface area contributed by atoms with Crippen LogP contribution in [0.3, 0.4) is 0 Å². The van der Waals surface area contributed by atoms with Crippen molar-refractivity contribution in [3.63, 3.8) is 0 Å². The molecular formula is C16H25F2N. The van der Waals surface area contributed by atoms with Gasteiger partial charge in [-0.15, -0.1) is 0 Å². The molecule has 0 spiro atoms. The summed E-state index contributed by atoms with van der Waals surface area (Å²) in [6.45, 7) is 11.4. The van der Waals surface area contributed by atoms with Crippen molar-refractivity contribution < 1.29 is 8.78 Å². The van der Waals surface area contributed by atoms with Gasteiger partial charge in [-0.05, 0) is 48.1 Å². The molecule has 1 aromatic rings. The van der Waals surface area contributed by atoms with E-state index in [0.717, 1.165) is 12.6 Å². The molecule has 1 nitrogen and oxygen atoms in total. The number of halogens is 2. The molecule has 108 valence electrons. The topological polar surface area (TPSA) is 12.0 Å². The Labute approximate surface area is 115 Å². The molecule has 0 aromatic heterocycles. The summed E-state index contributed by atoms with van der Waals surface area (Å²) in [7, 11) is 0. The second-order valence-electron chi connectivity index (χ2n) is 6.57. The summed E-state index contributed by atoms with van der Waals surface area (Å²) in [6, 6.07) is 4.07. The van der Waals surface area contributed by atoms with E-state index in [4.69, 9.17) is 0 Å². The highest BCUT2D eigenvalue weighted by molar-refractivity contribution is 5.19. The third-order valence-electron chi connectivity index (χ3n) is 3.47. The van der Waals surface area contributed by atoms with Crippen LogP contribution in [0.2, 0.25) is 0 Å². The van der Waals surface area contributed by atoms with Crippen molar-refractivity contribution >= 4 is 0 Å². The van der Waals surface area contributed by atoms with Crippen molar-refractivity contribution in [2.45, 2.75) is 47.1 Å². The van der Waals surface area contributed by atoms with E-state index in [1.54, 1.807) is 0 Å². The Morgan fingerprint density at radius 1 is 1.16 bits per heavy atom. The summed E-state index contributed by atoms with van der Waals surface area (Å²) in [5.41, 5.74) is 0.506. The normalized spacial score (nSPS) is 13.9. The van der Waals surface area contributed by atoms with Crippen LogP contribution in [-0.2, 0) is 6.42 Å². The Kier molecular flexibility index (Phi) is 5.48. The quantitative estimate of drug-likeness (QED) is 0.846. The predicted octanol–water partition coefficient (Wildman–Crippen LogP) is 4.17. The second kappa shape index (κ2) is 6.47. The highest BCUT2D eigenvalue weighted by Crippen LogP contribution is 2.29. The predicted molar refractivity (Wildman–Crippen MR) is 76.1 cm³/mol. The van der Waals surface area contributed by atoms with Crippen molar-refractivity contribution in [2.75, 3.05) is 6.54 Å². The maximum absolute atomic E-state index is 13.7. The van der Waals surface area contributed by atoms with E-state index in [-0.39, 0.29) is 23.0 Å². The van der Waals surface area contributed by atoms with Crippen LogP contribution in [0.1, 0.15) is 40.2 Å². The maximum Gasteiger partial charge on any atom is 0.126 e. The molecule has 1 rings (SSSR count). The summed E-state index contributed by atoms with van der Waals surface area (Å²) in [4.78, 5) is 0. The molecule has 0 aliphatic heterocycles. The van der Waals surface area contributed by atoms with E-state index in [1.807, 2.05) is 0 Å². The Morgan fingerprint density at radius 2 is 1.79 bits per heavy atom. The minimum absolute atomic E-state index is 0.0423. The van der Waals surface area contributed by atoms with Gasteiger partial charge < -0.3 is 5.32 Å². The lowest BCUT2D eigenvalue weighted by atomic mass is 9.77. The third-order valence-corrected chi connectivity index (χ3v) is 3.47. The third kappa shape index (κ3) is 5.27. The Bertz CT molecular complexity index is 408. The van der Waals surface area contributed by atoms with Gasteiger partial charge in [0.1, 0.15) is 11.6 Å². The smallest absolute Gasteiger partial charge is 0.126 e. The standard InChI is InChI=1S/C16H25F2N/c1-11(2)19-10-13(16(3,4)5)8-12-9-14(17)6-7-15(12)18/h6-7,9,11,13,19H,8,10H2,1-5H3. The zero-order valence-electron chi connectivity index (χ0n) is 12.6. The van der Waals surface area contributed by atoms with Crippen molar-refractivity contribution in [1.29, 1.82) is 0 Å². The summed E-state index contributed by atoms with van der Waals surface area (Å²) in [5, 5.41) is 3.39. The number of benzene rings is 1.